The van der Waals surface area contributed by atoms with Crippen LogP contribution in [0, 0.1) is 0 Å². The number of alkyl halides is 3. The summed E-state index contributed by atoms with van der Waals surface area (Å²) < 4.78 is 45.0. The van der Waals surface area contributed by atoms with Gasteiger partial charge in [0.05, 0.1) is 6.61 Å². The molecule has 0 amide bonds. The number of hydrogen-bond donors (Lipinski definition) is 0. The molecule has 2 nitrogen and oxygen atoms in total. The molecule has 0 atom stereocenters. The van der Waals surface area contributed by atoms with Crippen LogP contribution in [0.15, 0.2) is 24.8 Å². The van der Waals surface area contributed by atoms with Gasteiger partial charge in [-0.15, -0.1) is 13.2 Å². The van der Waals surface area contributed by atoms with Gasteiger partial charge in [0, 0.05) is 5.56 Å². The zero-order chi connectivity index (χ0) is 12.2. The van der Waals surface area contributed by atoms with Crippen molar-refractivity contribution in [2.75, 3.05) is 6.61 Å². The Morgan fingerprint density at radius 1 is 1.38 bits per heavy atom. The van der Waals surface area contributed by atoms with E-state index in [0.29, 0.717) is 12.4 Å². The zero-order valence-corrected chi connectivity index (χ0v) is 8.67. The van der Waals surface area contributed by atoms with Crippen LogP contribution < -0.4 is 9.47 Å². The monoisotopic (exact) mass is 232 g/mol. The lowest BCUT2D eigenvalue weighted by Gasteiger charge is -2.12. The van der Waals surface area contributed by atoms with E-state index in [-0.39, 0.29) is 11.3 Å². The zero-order valence-electron chi connectivity index (χ0n) is 8.67. The van der Waals surface area contributed by atoms with E-state index in [1.54, 1.807) is 6.92 Å². The van der Waals surface area contributed by atoms with Gasteiger partial charge in [0.15, 0.2) is 0 Å². The third-order valence-electron chi connectivity index (χ3n) is 1.74. The molecule has 0 aliphatic heterocycles. The van der Waals surface area contributed by atoms with Crippen LogP contribution >= 0.6 is 0 Å². The maximum atomic E-state index is 12.0. The molecule has 0 saturated carbocycles. The van der Waals surface area contributed by atoms with E-state index in [9.17, 15) is 13.2 Å². The summed E-state index contributed by atoms with van der Waals surface area (Å²) >= 11 is 0. The standard InChI is InChI=1S/C11H11F3O2/c1-3-8-7-9(15-4-2)5-6-10(8)16-11(12,13)14/h3,5-7H,1,4H2,2H3. The molecule has 1 aromatic carbocycles. The minimum atomic E-state index is -4.70. The Kier molecular flexibility index (Phi) is 3.82. The summed E-state index contributed by atoms with van der Waals surface area (Å²) in [5, 5.41) is 0. The van der Waals surface area contributed by atoms with Crippen molar-refractivity contribution in [2.24, 2.45) is 0 Å². The molecule has 0 fully saturated rings. The molecule has 88 valence electrons. The van der Waals surface area contributed by atoms with E-state index in [1.165, 1.54) is 24.3 Å². The van der Waals surface area contributed by atoms with Crippen molar-refractivity contribution < 1.29 is 22.6 Å². The van der Waals surface area contributed by atoms with E-state index in [2.05, 4.69) is 11.3 Å². The summed E-state index contributed by atoms with van der Waals surface area (Å²) in [7, 11) is 0. The van der Waals surface area contributed by atoms with E-state index >= 15 is 0 Å². The van der Waals surface area contributed by atoms with Crippen molar-refractivity contribution in [3.8, 4) is 11.5 Å². The van der Waals surface area contributed by atoms with Crippen molar-refractivity contribution >= 4 is 6.08 Å². The lowest BCUT2D eigenvalue weighted by atomic mass is 10.2. The van der Waals surface area contributed by atoms with Crippen molar-refractivity contribution in [3.05, 3.63) is 30.3 Å². The molecule has 0 saturated heterocycles. The van der Waals surface area contributed by atoms with Crippen LogP contribution in [0.1, 0.15) is 12.5 Å². The van der Waals surface area contributed by atoms with Gasteiger partial charge in [0.1, 0.15) is 11.5 Å². The molecule has 0 aliphatic rings. The fourth-order valence-corrected chi connectivity index (χ4v) is 1.16. The van der Waals surface area contributed by atoms with Crippen molar-refractivity contribution in [1.29, 1.82) is 0 Å². The summed E-state index contributed by atoms with van der Waals surface area (Å²) in [6.07, 6.45) is -3.42. The van der Waals surface area contributed by atoms with E-state index in [4.69, 9.17) is 4.74 Å². The molecule has 0 heterocycles. The van der Waals surface area contributed by atoms with Crippen LogP contribution in [0.2, 0.25) is 0 Å². The molecule has 0 aliphatic carbocycles. The van der Waals surface area contributed by atoms with Crippen LogP contribution in [-0.2, 0) is 0 Å². The van der Waals surface area contributed by atoms with Gasteiger partial charge in [-0.1, -0.05) is 12.7 Å². The average molecular weight is 232 g/mol. The van der Waals surface area contributed by atoms with Gasteiger partial charge >= 0.3 is 6.36 Å². The molecule has 1 aromatic rings. The smallest absolute Gasteiger partial charge is 0.494 e. The lowest BCUT2D eigenvalue weighted by Crippen LogP contribution is -2.17. The molecule has 0 bridgehead atoms. The normalized spacial score (nSPS) is 11.0. The van der Waals surface area contributed by atoms with E-state index < -0.39 is 6.36 Å². The number of hydrogen-bond acceptors (Lipinski definition) is 2. The van der Waals surface area contributed by atoms with Crippen LogP contribution in [-0.4, -0.2) is 13.0 Å². The van der Waals surface area contributed by atoms with E-state index in [0.717, 1.165) is 0 Å². The van der Waals surface area contributed by atoms with Crippen LogP contribution in [0.3, 0.4) is 0 Å². The Balaban J connectivity index is 2.97. The van der Waals surface area contributed by atoms with Crippen LogP contribution in [0.5, 0.6) is 11.5 Å². The second kappa shape index (κ2) is 4.92. The molecule has 0 aromatic heterocycles. The fraction of sp³-hybridized carbons (Fsp3) is 0.273. The Bertz CT molecular complexity index is 372. The number of benzene rings is 1. The first-order chi connectivity index (χ1) is 7.46. The second-order valence-corrected chi connectivity index (χ2v) is 2.88. The maximum absolute atomic E-state index is 12.0. The topological polar surface area (TPSA) is 18.5 Å². The summed E-state index contributed by atoms with van der Waals surface area (Å²) in [5.41, 5.74) is 0.239. The van der Waals surface area contributed by atoms with Crippen LogP contribution in [0.25, 0.3) is 6.08 Å². The van der Waals surface area contributed by atoms with Gasteiger partial charge in [0.25, 0.3) is 0 Å². The number of halogens is 3. The van der Waals surface area contributed by atoms with Crippen LogP contribution in [0.4, 0.5) is 13.2 Å². The Morgan fingerprint density at radius 2 is 2.06 bits per heavy atom. The molecule has 1 rings (SSSR count). The second-order valence-electron chi connectivity index (χ2n) is 2.88. The maximum Gasteiger partial charge on any atom is 0.573 e. The Morgan fingerprint density at radius 3 is 2.56 bits per heavy atom. The van der Waals surface area contributed by atoms with Crippen molar-refractivity contribution in [1.82, 2.24) is 0 Å². The first-order valence-electron chi connectivity index (χ1n) is 4.61. The highest BCUT2D eigenvalue weighted by Gasteiger charge is 2.31. The van der Waals surface area contributed by atoms with Gasteiger partial charge in [-0.3, -0.25) is 0 Å². The number of ether oxygens (including phenoxy) is 2. The first-order valence-corrected chi connectivity index (χ1v) is 4.61. The molecule has 0 spiro atoms. The third-order valence-corrected chi connectivity index (χ3v) is 1.74. The van der Waals surface area contributed by atoms with Gasteiger partial charge < -0.3 is 9.47 Å². The SMILES string of the molecule is C=Cc1cc(OCC)ccc1OC(F)(F)F. The highest BCUT2D eigenvalue weighted by atomic mass is 19.4. The summed E-state index contributed by atoms with van der Waals surface area (Å²) in [4.78, 5) is 0. The molecule has 0 unspecified atom stereocenters. The van der Waals surface area contributed by atoms with Crippen molar-refractivity contribution in [3.63, 3.8) is 0 Å². The molecule has 16 heavy (non-hydrogen) atoms. The largest absolute Gasteiger partial charge is 0.573 e. The lowest BCUT2D eigenvalue weighted by molar-refractivity contribution is -0.274. The molecule has 0 radical (unpaired) electrons. The minimum absolute atomic E-state index is 0.239. The molecule has 5 heteroatoms. The van der Waals surface area contributed by atoms with E-state index in [1.807, 2.05) is 0 Å². The molecular weight excluding hydrogens is 221 g/mol. The predicted molar refractivity (Wildman–Crippen MR) is 54.4 cm³/mol. The third kappa shape index (κ3) is 3.49. The Hall–Kier alpha value is -1.65. The minimum Gasteiger partial charge on any atom is -0.494 e. The van der Waals surface area contributed by atoms with Gasteiger partial charge in [0.2, 0.25) is 0 Å². The average Bonchev–Trinajstić information content (AvgIpc) is 2.18. The molecular formula is C11H11F3O2. The fourth-order valence-electron chi connectivity index (χ4n) is 1.16. The summed E-state index contributed by atoms with van der Waals surface area (Å²) in [6.45, 7) is 5.65. The first kappa shape index (κ1) is 12.4. The molecule has 0 N–H and O–H groups in total. The van der Waals surface area contributed by atoms with Crippen molar-refractivity contribution in [2.45, 2.75) is 13.3 Å². The van der Waals surface area contributed by atoms with Gasteiger partial charge in [-0.2, -0.15) is 0 Å². The highest BCUT2D eigenvalue weighted by molar-refractivity contribution is 5.58. The summed E-state index contributed by atoms with van der Waals surface area (Å²) in [6, 6.07) is 4.06. The predicted octanol–water partition coefficient (Wildman–Crippen LogP) is 3.63. The van der Waals surface area contributed by atoms with Gasteiger partial charge in [-0.05, 0) is 25.1 Å². The van der Waals surface area contributed by atoms with Gasteiger partial charge in [-0.25, -0.2) is 0 Å². The number of rotatable bonds is 4. The Labute approximate surface area is 91.3 Å². The quantitative estimate of drug-likeness (QED) is 0.789. The highest BCUT2D eigenvalue weighted by Crippen LogP contribution is 2.30. The summed E-state index contributed by atoms with van der Waals surface area (Å²) in [5.74, 6) is 0.192.